The lowest BCUT2D eigenvalue weighted by atomic mass is 10.2. The van der Waals surface area contributed by atoms with E-state index in [4.69, 9.17) is 0 Å². The Labute approximate surface area is 68.7 Å². The molecule has 0 bridgehead atoms. The van der Waals surface area contributed by atoms with Crippen molar-refractivity contribution >= 4 is 10.9 Å². The Morgan fingerprint density at radius 3 is 2.00 bits per heavy atom. The van der Waals surface area contributed by atoms with Gasteiger partial charge in [-0.1, -0.05) is 0 Å². The minimum Gasteiger partial charge on any atom is -0.314 e. The third kappa shape index (κ3) is 1.91. The topological polar surface area (TPSA) is 49.4 Å². The molecule has 0 aromatic carbocycles. The van der Waals surface area contributed by atoms with Gasteiger partial charge in [0.15, 0.2) is 0 Å². The highest BCUT2D eigenvalue weighted by Crippen LogP contribution is 2.08. The van der Waals surface area contributed by atoms with Crippen molar-refractivity contribution < 1.29 is 8.42 Å². The van der Waals surface area contributed by atoms with Crippen LogP contribution in [-0.2, 0) is 10.9 Å². The molecular formula is C6H14N2O2S. The Hall–Kier alpha value is -0.130. The zero-order valence-corrected chi connectivity index (χ0v) is 7.67. The first-order chi connectivity index (χ1) is 5.13. The number of thiol groups is 1. The molecule has 0 spiro atoms. The molecule has 1 aliphatic rings. The van der Waals surface area contributed by atoms with Crippen molar-refractivity contribution in [3.05, 3.63) is 0 Å². The van der Waals surface area contributed by atoms with Gasteiger partial charge in [0.05, 0.1) is 0 Å². The van der Waals surface area contributed by atoms with E-state index in [9.17, 15) is 8.42 Å². The lowest BCUT2D eigenvalue weighted by Crippen LogP contribution is -2.54. The summed E-state index contributed by atoms with van der Waals surface area (Å²) >= 11 is 0. The summed E-state index contributed by atoms with van der Waals surface area (Å²) in [6.45, 7) is 5.34. The molecule has 1 heterocycles. The van der Waals surface area contributed by atoms with Crippen molar-refractivity contribution in [1.82, 2.24) is 9.62 Å². The molecule has 0 aromatic rings. The molecule has 0 aliphatic carbocycles. The van der Waals surface area contributed by atoms with Gasteiger partial charge in [0.25, 0.3) is 0 Å². The molecule has 1 fully saturated rings. The van der Waals surface area contributed by atoms with Crippen LogP contribution in [0.2, 0.25) is 0 Å². The largest absolute Gasteiger partial charge is 0.314 e. The van der Waals surface area contributed by atoms with Gasteiger partial charge in [-0.3, -0.25) is 0 Å². The van der Waals surface area contributed by atoms with Crippen LogP contribution in [0.25, 0.3) is 0 Å². The lowest BCUT2D eigenvalue weighted by molar-refractivity contribution is 0.226. The summed E-state index contributed by atoms with van der Waals surface area (Å²) < 4.78 is 23.0. The maximum absolute atomic E-state index is 10.7. The summed E-state index contributed by atoms with van der Waals surface area (Å²) in [6, 6.07) is 0.194. The van der Waals surface area contributed by atoms with Crippen LogP contribution in [0, 0.1) is 0 Å². The Balaban J connectivity index is 2.70. The fraction of sp³-hybridized carbons (Fsp3) is 1.00. The summed E-state index contributed by atoms with van der Waals surface area (Å²) in [4.78, 5) is 0. The van der Waals surface area contributed by atoms with Crippen molar-refractivity contribution in [3.8, 4) is 0 Å². The second kappa shape index (κ2) is 3.51. The number of rotatable bonds is 1. The molecule has 11 heavy (non-hydrogen) atoms. The quantitative estimate of drug-likeness (QED) is 0.517. The molecule has 0 saturated carbocycles. The van der Waals surface area contributed by atoms with Gasteiger partial charge in [-0.25, -0.2) is 8.42 Å². The monoisotopic (exact) mass is 178 g/mol. The van der Waals surface area contributed by atoms with Crippen LogP contribution in [0.5, 0.6) is 0 Å². The van der Waals surface area contributed by atoms with E-state index in [1.54, 1.807) is 0 Å². The van der Waals surface area contributed by atoms with Gasteiger partial charge >= 0.3 is 0 Å². The molecule has 0 amide bonds. The summed E-state index contributed by atoms with van der Waals surface area (Å²) in [6.07, 6.45) is 0. The summed E-state index contributed by atoms with van der Waals surface area (Å²) in [5.41, 5.74) is 0. The van der Waals surface area contributed by atoms with Crippen LogP contribution in [-0.4, -0.2) is 37.9 Å². The maximum atomic E-state index is 10.7. The molecule has 2 unspecified atom stereocenters. The molecule has 1 saturated heterocycles. The minimum absolute atomic E-state index is 0.0971. The van der Waals surface area contributed by atoms with Crippen LogP contribution in [0.3, 0.4) is 0 Å². The second-order valence-electron chi connectivity index (χ2n) is 2.97. The predicted octanol–water partition coefficient (Wildman–Crippen LogP) is -0.805. The number of hydrogen-bond donors (Lipinski definition) is 2. The van der Waals surface area contributed by atoms with Gasteiger partial charge in [-0.05, 0) is 13.8 Å². The summed E-state index contributed by atoms with van der Waals surface area (Å²) in [5, 5.41) is 3.16. The molecule has 2 atom stereocenters. The average Bonchev–Trinajstić information content (AvgIpc) is 1.85. The maximum Gasteiger partial charge on any atom is 0.204 e. The van der Waals surface area contributed by atoms with Crippen molar-refractivity contribution in [2.24, 2.45) is 0 Å². The number of piperazine rings is 1. The molecule has 1 rings (SSSR count). The number of nitrogens with one attached hydrogen (secondary N) is 1. The van der Waals surface area contributed by atoms with E-state index < -0.39 is 10.9 Å². The first-order valence-electron chi connectivity index (χ1n) is 3.76. The Bertz CT molecular complexity index is 187. The van der Waals surface area contributed by atoms with Crippen LogP contribution < -0.4 is 5.32 Å². The van der Waals surface area contributed by atoms with Crippen LogP contribution in [0.15, 0.2) is 0 Å². The van der Waals surface area contributed by atoms with Crippen LogP contribution >= 0.6 is 0 Å². The smallest absolute Gasteiger partial charge is 0.204 e. The fourth-order valence-corrected chi connectivity index (χ4v) is 2.25. The van der Waals surface area contributed by atoms with Crippen LogP contribution in [0.4, 0.5) is 0 Å². The van der Waals surface area contributed by atoms with Crippen molar-refractivity contribution in [2.45, 2.75) is 25.9 Å². The molecular weight excluding hydrogens is 164 g/mol. The third-order valence-electron chi connectivity index (χ3n) is 1.97. The van der Waals surface area contributed by atoms with E-state index in [-0.39, 0.29) is 12.1 Å². The number of hydrogen-bond acceptors (Lipinski definition) is 3. The SMILES string of the molecule is CC1CNCC(C)N1[SH](=O)=O. The zero-order valence-electron chi connectivity index (χ0n) is 6.78. The molecule has 1 N–H and O–H groups in total. The molecule has 1 aliphatic heterocycles. The molecule has 4 nitrogen and oxygen atoms in total. The highest BCUT2D eigenvalue weighted by molar-refractivity contribution is 7.69. The van der Waals surface area contributed by atoms with Crippen molar-refractivity contribution in [3.63, 3.8) is 0 Å². The minimum atomic E-state index is -2.40. The van der Waals surface area contributed by atoms with E-state index in [0.717, 1.165) is 13.1 Å². The van der Waals surface area contributed by atoms with Gasteiger partial charge in [0.2, 0.25) is 10.9 Å². The van der Waals surface area contributed by atoms with E-state index >= 15 is 0 Å². The third-order valence-corrected chi connectivity index (χ3v) is 3.14. The fourth-order valence-electron chi connectivity index (χ4n) is 1.44. The van der Waals surface area contributed by atoms with Gasteiger partial charge in [-0.15, -0.1) is 0 Å². The van der Waals surface area contributed by atoms with Gasteiger partial charge in [0.1, 0.15) is 0 Å². The summed E-state index contributed by atoms with van der Waals surface area (Å²) in [5.74, 6) is 0. The first kappa shape index (κ1) is 8.96. The van der Waals surface area contributed by atoms with Gasteiger partial charge < -0.3 is 5.32 Å². The van der Waals surface area contributed by atoms with Gasteiger partial charge in [0, 0.05) is 25.2 Å². The van der Waals surface area contributed by atoms with Gasteiger partial charge in [-0.2, -0.15) is 4.31 Å². The molecule has 66 valence electrons. The standard InChI is InChI=1S/C6H14N2O2S/c1-5-3-7-4-6(2)8(5)11(9)10/h5-7,11H,3-4H2,1-2H3. The highest BCUT2D eigenvalue weighted by Gasteiger charge is 2.25. The molecule has 0 radical (unpaired) electrons. The average molecular weight is 178 g/mol. The van der Waals surface area contributed by atoms with Crippen molar-refractivity contribution in [2.75, 3.05) is 13.1 Å². The van der Waals surface area contributed by atoms with E-state index in [0.29, 0.717) is 0 Å². The molecule has 0 aromatic heterocycles. The van der Waals surface area contributed by atoms with E-state index in [1.165, 1.54) is 4.31 Å². The Morgan fingerprint density at radius 1 is 1.27 bits per heavy atom. The summed E-state index contributed by atoms with van der Waals surface area (Å²) in [7, 11) is -2.40. The highest BCUT2D eigenvalue weighted by atomic mass is 32.2. The lowest BCUT2D eigenvalue weighted by Gasteiger charge is -2.34. The molecule has 5 heteroatoms. The first-order valence-corrected chi connectivity index (χ1v) is 4.89. The second-order valence-corrected chi connectivity index (χ2v) is 3.91. The Morgan fingerprint density at radius 2 is 1.73 bits per heavy atom. The Kier molecular flexibility index (Phi) is 2.86. The van der Waals surface area contributed by atoms with E-state index in [1.807, 2.05) is 13.8 Å². The van der Waals surface area contributed by atoms with E-state index in [2.05, 4.69) is 5.32 Å². The number of nitrogens with zero attached hydrogens (tertiary/aromatic N) is 1. The zero-order chi connectivity index (χ0) is 8.43. The van der Waals surface area contributed by atoms with Crippen molar-refractivity contribution in [1.29, 1.82) is 0 Å². The normalized spacial score (nSPS) is 34.5. The van der Waals surface area contributed by atoms with Crippen LogP contribution in [0.1, 0.15) is 13.8 Å². The predicted molar refractivity (Wildman–Crippen MR) is 43.9 cm³/mol.